The van der Waals surface area contributed by atoms with Crippen LogP contribution in [0.1, 0.15) is 19.3 Å². The molecule has 2 fully saturated rings. The first-order valence-electron chi connectivity index (χ1n) is 6.58. The highest BCUT2D eigenvalue weighted by Crippen LogP contribution is 2.28. The number of nitrogens with zero attached hydrogens (tertiary/aromatic N) is 2. The van der Waals surface area contributed by atoms with Gasteiger partial charge in [-0.2, -0.15) is 0 Å². The van der Waals surface area contributed by atoms with Crippen LogP contribution in [-0.2, 0) is 9.53 Å². The highest BCUT2D eigenvalue weighted by atomic mass is 16.5. The van der Waals surface area contributed by atoms with Crippen LogP contribution in [0.4, 0.5) is 0 Å². The van der Waals surface area contributed by atoms with Crippen LogP contribution in [0.25, 0.3) is 0 Å². The quantitative estimate of drug-likeness (QED) is 0.674. The van der Waals surface area contributed by atoms with Crippen LogP contribution in [0.2, 0.25) is 0 Å². The lowest BCUT2D eigenvalue weighted by Gasteiger charge is -2.38. The Morgan fingerprint density at radius 1 is 1.41 bits per heavy atom. The summed E-state index contributed by atoms with van der Waals surface area (Å²) in [6.45, 7) is 4.46. The van der Waals surface area contributed by atoms with Crippen molar-refractivity contribution in [1.29, 1.82) is 0 Å². The molecule has 0 aliphatic carbocycles. The highest BCUT2D eigenvalue weighted by molar-refractivity contribution is 5.60. The minimum Gasteiger partial charge on any atom is -0.380 e. The number of aldehydes is 1. The average Bonchev–Trinajstić information content (AvgIpc) is 2.79. The summed E-state index contributed by atoms with van der Waals surface area (Å²) in [7, 11) is 4.30. The molecule has 2 rings (SSSR count). The SMILES string of the molecule is CN(C)C1CCN(CC2(C=O)CCOC2)CC1. The van der Waals surface area contributed by atoms with Crippen molar-refractivity contribution in [3.05, 3.63) is 0 Å². The number of hydrogen-bond donors (Lipinski definition) is 0. The number of piperidine rings is 1. The second-order valence-corrected chi connectivity index (χ2v) is 5.75. The standard InChI is InChI=1S/C13H24N2O2/c1-14(2)12-3-6-15(7-4-12)9-13(10-16)5-8-17-11-13/h10,12H,3-9,11H2,1-2H3. The van der Waals surface area contributed by atoms with E-state index in [1.54, 1.807) is 0 Å². The summed E-state index contributed by atoms with van der Waals surface area (Å²) in [4.78, 5) is 16.0. The van der Waals surface area contributed by atoms with Crippen LogP contribution in [0.15, 0.2) is 0 Å². The predicted molar refractivity (Wildman–Crippen MR) is 67.1 cm³/mol. The average molecular weight is 240 g/mol. The first kappa shape index (κ1) is 13.0. The zero-order chi connectivity index (χ0) is 12.3. The molecular formula is C13H24N2O2. The van der Waals surface area contributed by atoms with E-state index in [0.717, 1.165) is 38.9 Å². The molecule has 0 amide bonds. The molecule has 0 aromatic heterocycles. The van der Waals surface area contributed by atoms with E-state index in [2.05, 4.69) is 23.9 Å². The van der Waals surface area contributed by atoms with Crippen LogP contribution >= 0.6 is 0 Å². The van der Waals surface area contributed by atoms with E-state index in [9.17, 15) is 4.79 Å². The van der Waals surface area contributed by atoms with Crippen LogP contribution < -0.4 is 0 Å². The topological polar surface area (TPSA) is 32.8 Å². The summed E-state index contributed by atoms with van der Waals surface area (Å²) in [6.07, 6.45) is 4.44. The molecule has 2 heterocycles. The van der Waals surface area contributed by atoms with Crippen molar-refractivity contribution >= 4 is 6.29 Å². The lowest BCUT2D eigenvalue weighted by Crippen LogP contribution is -2.47. The van der Waals surface area contributed by atoms with Gasteiger partial charge in [-0.15, -0.1) is 0 Å². The number of hydrogen-bond acceptors (Lipinski definition) is 4. The molecule has 2 saturated heterocycles. The molecule has 0 spiro atoms. The summed E-state index contributed by atoms with van der Waals surface area (Å²) in [6, 6.07) is 0.707. The van der Waals surface area contributed by atoms with E-state index < -0.39 is 0 Å². The number of likely N-dealkylation sites (tertiary alicyclic amines) is 1. The van der Waals surface area contributed by atoms with Gasteiger partial charge in [0.15, 0.2) is 0 Å². The van der Waals surface area contributed by atoms with Crippen molar-refractivity contribution in [3.8, 4) is 0 Å². The fourth-order valence-electron chi connectivity index (χ4n) is 2.92. The van der Waals surface area contributed by atoms with Gasteiger partial charge in [-0.05, 0) is 46.4 Å². The Hall–Kier alpha value is -0.450. The van der Waals surface area contributed by atoms with Crippen LogP contribution in [0.3, 0.4) is 0 Å². The molecule has 0 aromatic rings. The normalized spacial score (nSPS) is 32.2. The van der Waals surface area contributed by atoms with E-state index in [4.69, 9.17) is 4.74 Å². The Kier molecular flexibility index (Phi) is 4.17. The molecule has 2 aliphatic heterocycles. The third-order valence-electron chi connectivity index (χ3n) is 4.21. The van der Waals surface area contributed by atoms with Crippen molar-refractivity contribution in [1.82, 2.24) is 9.80 Å². The van der Waals surface area contributed by atoms with Crippen molar-refractivity contribution in [2.24, 2.45) is 5.41 Å². The Morgan fingerprint density at radius 3 is 2.59 bits per heavy atom. The molecule has 1 unspecified atom stereocenters. The zero-order valence-electron chi connectivity index (χ0n) is 11.0. The van der Waals surface area contributed by atoms with Crippen molar-refractivity contribution < 1.29 is 9.53 Å². The maximum atomic E-state index is 11.3. The van der Waals surface area contributed by atoms with Gasteiger partial charge < -0.3 is 19.3 Å². The Morgan fingerprint density at radius 2 is 2.12 bits per heavy atom. The van der Waals surface area contributed by atoms with Gasteiger partial charge in [-0.3, -0.25) is 0 Å². The lowest BCUT2D eigenvalue weighted by molar-refractivity contribution is -0.117. The third-order valence-corrected chi connectivity index (χ3v) is 4.21. The van der Waals surface area contributed by atoms with Gasteiger partial charge in [-0.1, -0.05) is 0 Å². The van der Waals surface area contributed by atoms with E-state index in [1.807, 2.05) is 0 Å². The van der Waals surface area contributed by atoms with Crippen molar-refractivity contribution in [2.45, 2.75) is 25.3 Å². The molecule has 0 radical (unpaired) electrons. The second-order valence-electron chi connectivity index (χ2n) is 5.75. The second kappa shape index (κ2) is 5.46. The summed E-state index contributed by atoms with van der Waals surface area (Å²) in [5.74, 6) is 0. The number of rotatable bonds is 4. The van der Waals surface area contributed by atoms with E-state index in [0.29, 0.717) is 12.6 Å². The number of carbonyl (C=O) groups is 1. The third kappa shape index (κ3) is 3.06. The Bertz CT molecular complexity index is 254. The smallest absolute Gasteiger partial charge is 0.129 e. The maximum absolute atomic E-state index is 11.3. The molecular weight excluding hydrogens is 216 g/mol. The van der Waals surface area contributed by atoms with Gasteiger partial charge in [0.05, 0.1) is 12.0 Å². The van der Waals surface area contributed by atoms with Crippen LogP contribution in [0.5, 0.6) is 0 Å². The van der Waals surface area contributed by atoms with Crippen LogP contribution in [-0.4, -0.2) is 69.1 Å². The number of ether oxygens (including phenoxy) is 1. The molecule has 4 heteroatoms. The maximum Gasteiger partial charge on any atom is 0.129 e. The largest absolute Gasteiger partial charge is 0.380 e. The highest BCUT2D eigenvalue weighted by Gasteiger charge is 2.37. The fraction of sp³-hybridized carbons (Fsp3) is 0.923. The monoisotopic (exact) mass is 240 g/mol. The minimum atomic E-state index is -0.217. The summed E-state index contributed by atoms with van der Waals surface area (Å²) in [5.41, 5.74) is -0.217. The molecule has 2 aliphatic rings. The molecule has 0 N–H and O–H groups in total. The van der Waals surface area contributed by atoms with Crippen molar-refractivity contribution in [3.63, 3.8) is 0 Å². The van der Waals surface area contributed by atoms with Gasteiger partial charge in [0.1, 0.15) is 6.29 Å². The van der Waals surface area contributed by atoms with Gasteiger partial charge in [-0.25, -0.2) is 0 Å². The molecule has 1 atom stereocenters. The van der Waals surface area contributed by atoms with E-state index in [-0.39, 0.29) is 5.41 Å². The van der Waals surface area contributed by atoms with Gasteiger partial charge in [0.25, 0.3) is 0 Å². The predicted octanol–water partition coefficient (Wildman–Crippen LogP) is 0.618. The minimum absolute atomic E-state index is 0.217. The van der Waals surface area contributed by atoms with E-state index >= 15 is 0 Å². The van der Waals surface area contributed by atoms with Gasteiger partial charge in [0, 0.05) is 19.2 Å². The lowest BCUT2D eigenvalue weighted by atomic mass is 9.87. The van der Waals surface area contributed by atoms with Crippen LogP contribution in [0, 0.1) is 5.41 Å². The van der Waals surface area contributed by atoms with E-state index in [1.165, 1.54) is 12.8 Å². The first-order chi connectivity index (χ1) is 8.15. The first-order valence-corrected chi connectivity index (χ1v) is 6.58. The molecule has 17 heavy (non-hydrogen) atoms. The van der Waals surface area contributed by atoms with Gasteiger partial charge in [0.2, 0.25) is 0 Å². The molecule has 4 nitrogen and oxygen atoms in total. The molecule has 0 saturated carbocycles. The van der Waals surface area contributed by atoms with Gasteiger partial charge >= 0.3 is 0 Å². The number of carbonyl (C=O) groups excluding carboxylic acids is 1. The summed E-state index contributed by atoms with van der Waals surface area (Å²) in [5, 5.41) is 0. The molecule has 0 aromatic carbocycles. The summed E-state index contributed by atoms with van der Waals surface area (Å²) >= 11 is 0. The summed E-state index contributed by atoms with van der Waals surface area (Å²) < 4.78 is 5.39. The fourth-order valence-corrected chi connectivity index (χ4v) is 2.92. The molecule has 98 valence electrons. The van der Waals surface area contributed by atoms with Crippen molar-refractivity contribution in [2.75, 3.05) is 46.9 Å². The zero-order valence-corrected chi connectivity index (χ0v) is 11.0. The molecule has 0 bridgehead atoms. The Labute approximate surface area is 104 Å². The Balaban J connectivity index is 1.83.